The fourth-order valence-corrected chi connectivity index (χ4v) is 3.89. The second-order valence-electron chi connectivity index (χ2n) is 5.65. The van der Waals surface area contributed by atoms with Crippen LogP contribution in [0, 0.1) is 10.1 Å². The summed E-state index contributed by atoms with van der Waals surface area (Å²) in [6, 6.07) is 11.9. The Balaban J connectivity index is 1.82. The molecule has 3 rings (SSSR count). The van der Waals surface area contributed by atoms with Gasteiger partial charge in [0.15, 0.2) is 0 Å². The topological polar surface area (TPSA) is 80.5 Å². The van der Waals surface area contributed by atoms with Gasteiger partial charge in [-0.3, -0.25) is 24.6 Å². The molecule has 0 spiro atoms. The van der Waals surface area contributed by atoms with E-state index < -0.39 is 10.8 Å². The molecule has 27 heavy (non-hydrogen) atoms. The zero-order valence-corrected chi connectivity index (χ0v) is 16.1. The van der Waals surface area contributed by atoms with Gasteiger partial charge in [0.05, 0.1) is 9.83 Å². The van der Waals surface area contributed by atoms with Gasteiger partial charge in [-0.05, 0) is 35.9 Å². The van der Waals surface area contributed by atoms with E-state index >= 15 is 0 Å². The highest BCUT2D eigenvalue weighted by Crippen LogP contribution is 2.36. The van der Waals surface area contributed by atoms with Crippen molar-refractivity contribution in [3.05, 3.63) is 78.7 Å². The number of imide groups is 1. The highest BCUT2D eigenvalue weighted by Gasteiger charge is 2.35. The average Bonchev–Trinajstić information content (AvgIpc) is 2.89. The van der Waals surface area contributed by atoms with E-state index in [-0.39, 0.29) is 38.0 Å². The summed E-state index contributed by atoms with van der Waals surface area (Å²) in [5.74, 6) is -0.449. The zero-order valence-electron chi connectivity index (χ0n) is 13.7. The molecule has 138 valence electrons. The van der Waals surface area contributed by atoms with E-state index in [1.54, 1.807) is 0 Å². The van der Waals surface area contributed by atoms with Crippen LogP contribution in [0.3, 0.4) is 0 Å². The van der Waals surface area contributed by atoms with Gasteiger partial charge in [-0.1, -0.05) is 53.5 Å². The fraction of sp³-hybridized carbons (Fsp3) is 0.111. The largest absolute Gasteiger partial charge is 0.293 e. The maximum absolute atomic E-state index is 12.6. The molecular weight excluding hydrogens is 411 g/mol. The molecule has 0 N–H and O–H groups in total. The summed E-state index contributed by atoms with van der Waals surface area (Å²) in [5.41, 5.74) is 0.939. The molecule has 6 nitrogen and oxygen atoms in total. The summed E-state index contributed by atoms with van der Waals surface area (Å²) in [5, 5.41) is 10.7. The number of nitro groups is 1. The standard InChI is InChI=1S/C18H12Cl2N2O4S/c19-13-10-14(20)15(22(25)26)8-12(13)9-16-17(23)21(18(24)27-16)7-6-11-4-2-1-3-5-11/h1-5,8-10H,6-7H2/b16-9-. The first-order chi connectivity index (χ1) is 12.9. The van der Waals surface area contributed by atoms with E-state index in [0.29, 0.717) is 6.42 Å². The third kappa shape index (κ3) is 4.32. The molecule has 1 heterocycles. The van der Waals surface area contributed by atoms with Crippen LogP contribution >= 0.6 is 35.0 Å². The molecule has 0 atom stereocenters. The molecule has 0 saturated carbocycles. The van der Waals surface area contributed by atoms with Crippen molar-refractivity contribution in [3.63, 3.8) is 0 Å². The number of nitrogens with zero attached hydrogens (tertiary/aromatic N) is 2. The molecule has 9 heteroatoms. The van der Waals surface area contributed by atoms with Crippen LogP contribution in [-0.4, -0.2) is 27.5 Å². The smallest absolute Gasteiger partial charge is 0.268 e. The lowest BCUT2D eigenvalue weighted by atomic mass is 10.1. The molecule has 1 aliphatic rings. The maximum Gasteiger partial charge on any atom is 0.293 e. The summed E-state index contributed by atoms with van der Waals surface area (Å²) in [6.45, 7) is 0.251. The fourth-order valence-electron chi connectivity index (χ4n) is 2.52. The highest BCUT2D eigenvalue weighted by molar-refractivity contribution is 8.18. The van der Waals surface area contributed by atoms with Crippen molar-refractivity contribution in [2.24, 2.45) is 0 Å². The third-order valence-electron chi connectivity index (χ3n) is 3.89. The van der Waals surface area contributed by atoms with Crippen LogP contribution in [0.15, 0.2) is 47.4 Å². The minimum atomic E-state index is -0.637. The van der Waals surface area contributed by atoms with Crippen LogP contribution in [0.5, 0.6) is 0 Å². The van der Waals surface area contributed by atoms with Crippen molar-refractivity contribution in [1.82, 2.24) is 4.90 Å². The Labute approximate surface area is 168 Å². The Kier molecular flexibility index (Phi) is 5.84. The number of carbonyl (C=O) groups is 2. The van der Waals surface area contributed by atoms with Gasteiger partial charge in [-0.15, -0.1) is 0 Å². The monoisotopic (exact) mass is 422 g/mol. The van der Waals surface area contributed by atoms with Gasteiger partial charge in [0.2, 0.25) is 0 Å². The van der Waals surface area contributed by atoms with E-state index in [0.717, 1.165) is 22.2 Å². The first kappa shape index (κ1) is 19.4. The van der Waals surface area contributed by atoms with E-state index in [9.17, 15) is 19.7 Å². The molecular formula is C18H12Cl2N2O4S. The van der Waals surface area contributed by atoms with Crippen LogP contribution in [0.2, 0.25) is 10.0 Å². The van der Waals surface area contributed by atoms with Gasteiger partial charge < -0.3 is 0 Å². The number of hydrogen-bond acceptors (Lipinski definition) is 5. The molecule has 0 aromatic heterocycles. The molecule has 2 aromatic rings. The molecule has 1 fully saturated rings. The van der Waals surface area contributed by atoms with Crippen LogP contribution in [-0.2, 0) is 11.2 Å². The van der Waals surface area contributed by atoms with E-state index in [1.165, 1.54) is 18.2 Å². The molecule has 1 saturated heterocycles. The van der Waals surface area contributed by atoms with Crippen LogP contribution < -0.4 is 0 Å². The lowest BCUT2D eigenvalue weighted by molar-refractivity contribution is -0.384. The number of thioether (sulfide) groups is 1. The molecule has 0 unspecified atom stereocenters. The molecule has 2 aromatic carbocycles. The summed E-state index contributed by atoms with van der Waals surface area (Å²) >= 11 is 12.7. The Bertz CT molecular complexity index is 963. The number of amides is 2. The summed E-state index contributed by atoms with van der Waals surface area (Å²) in [7, 11) is 0. The lowest BCUT2D eigenvalue weighted by Gasteiger charge is -2.12. The zero-order chi connectivity index (χ0) is 19.6. The van der Waals surface area contributed by atoms with Crippen molar-refractivity contribution in [2.45, 2.75) is 6.42 Å². The number of hydrogen-bond donors (Lipinski definition) is 0. The number of halogens is 2. The van der Waals surface area contributed by atoms with E-state index in [4.69, 9.17) is 23.2 Å². The Morgan fingerprint density at radius 1 is 1.11 bits per heavy atom. The maximum atomic E-state index is 12.6. The summed E-state index contributed by atoms with van der Waals surface area (Å²) in [6.07, 6.45) is 1.92. The van der Waals surface area contributed by atoms with Gasteiger partial charge in [0, 0.05) is 23.2 Å². The predicted octanol–water partition coefficient (Wildman–Crippen LogP) is 5.18. The number of benzene rings is 2. The normalized spacial score (nSPS) is 15.6. The van der Waals surface area contributed by atoms with Crippen molar-refractivity contribution >= 4 is 57.9 Å². The molecule has 0 radical (unpaired) electrons. The van der Waals surface area contributed by atoms with Gasteiger partial charge >= 0.3 is 0 Å². The number of nitro benzene ring substituents is 1. The first-order valence-electron chi connectivity index (χ1n) is 7.79. The predicted molar refractivity (Wildman–Crippen MR) is 106 cm³/mol. The van der Waals surface area contributed by atoms with Crippen LogP contribution in [0.25, 0.3) is 6.08 Å². The Morgan fingerprint density at radius 2 is 1.81 bits per heavy atom. The number of rotatable bonds is 5. The molecule has 0 bridgehead atoms. The summed E-state index contributed by atoms with van der Waals surface area (Å²) < 4.78 is 0. The molecule has 1 aliphatic heterocycles. The van der Waals surface area contributed by atoms with Gasteiger partial charge in [0.25, 0.3) is 16.8 Å². The van der Waals surface area contributed by atoms with Crippen LogP contribution in [0.1, 0.15) is 11.1 Å². The first-order valence-corrected chi connectivity index (χ1v) is 9.37. The second kappa shape index (κ2) is 8.12. The van der Waals surface area contributed by atoms with Crippen molar-refractivity contribution in [1.29, 1.82) is 0 Å². The van der Waals surface area contributed by atoms with Gasteiger partial charge in [-0.25, -0.2) is 0 Å². The molecule has 0 aliphatic carbocycles. The van der Waals surface area contributed by atoms with Crippen LogP contribution in [0.4, 0.5) is 10.5 Å². The molecule has 2 amide bonds. The SMILES string of the molecule is O=C1S/C(=C\c2cc([N+](=O)[O-])c(Cl)cc2Cl)C(=O)N1CCc1ccccc1. The second-order valence-corrected chi connectivity index (χ2v) is 7.46. The summed E-state index contributed by atoms with van der Waals surface area (Å²) in [4.78, 5) is 36.4. The van der Waals surface area contributed by atoms with Crippen molar-refractivity contribution in [2.75, 3.05) is 6.54 Å². The van der Waals surface area contributed by atoms with Gasteiger partial charge in [-0.2, -0.15) is 0 Å². The minimum Gasteiger partial charge on any atom is -0.268 e. The number of carbonyl (C=O) groups excluding carboxylic acids is 2. The third-order valence-corrected chi connectivity index (χ3v) is 5.43. The Morgan fingerprint density at radius 3 is 2.48 bits per heavy atom. The van der Waals surface area contributed by atoms with Crippen molar-refractivity contribution < 1.29 is 14.5 Å². The van der Waals surface area contributed by atoms with Crippen molar-refractivity contribution in [3.8, 4) is 0 Å². The highest BCUT2D eigenvalue weighted by atomic mass is 35.5. The lowest BCUT2D eigenvalue weighted by Crippen LogP contribution is -2.30. The van der Waals surface area contributed by atoms with E-state index in [2.05, 4.69) is 0 Å². The average molecular weight is 423 g/mol. The Hall–Kier alpha value is -2.35. The van der Waals surface area contributed by atoms with Gasteiger partial charge in [0.1, 0.15) is 5.02 Å². The van der Waals surface area contributed by atoms with E-state index in [1.807, 2.05) is 30.3 Å². The quantitative estimate of drug-likeness (QED) is 0.376. The minimum absolute atomic E-state index is 0.0990.